The zero-order valence-electron chi connectivity index (χ0n) is 13.7. The molecule has 3 heterocycles. The van der Waals surface area contributed by atoms with E-state index in [4.69, 9.17) is 4.74 Å². The molecule has 126 valence electrons. The molecular weight excluding hydrogens is 320 g/mol. The van der Waals surface area contributed by atoms with Crippen molar-refractivity contribution in [1.82, 2.24) is 9.88 Å². The number of aromatic nitrogens is 1. The van der Waals surface area contributed by atoms with E-state index in [0.29, 0.717) is 13.1 Å². The number of fused-ring (bicyclic) bond motifs is 1. The normalized spacial score (nSPS) is 19.4. The van der Waals surface area contributed by atoms with E-state index in [2.05, 4.69) is 11.1 Å². The van der Waals surface area contributed by atoms with Gasteiger partial charge in [0.1, 0.15) is 0 Å². The van der Waals surface area contributed by atoms with E-state index in [1.165, 1.54) is 16.9 Å². The molecule has 2 aromatic rings. The van der Waals surface area contributed by atoms with Crippen molar-refractivity contribution < 1.29 is 9.53 Å². The third-order valence-electron chi connectivity index (χ3n) is 4.79. The van der Waals surface area contributed by atoms with Gasteiger partial charge in [-0.05, 0) is 55.4 Å². The molecule has 24 heavy (non-hydrogen) atoms. The number of amides is 1. The van der Waals surface area contributed by atoms with Crippen LogP contribution in [0, 0.1) is 0 Å². The summed E-state index contributed by atoms with van der Waals surface area (Å²) in [7, 11) is 0. The number of pyridine rings is 1. The second kappa shape index (κ2) is 7.03. The van der Waals surface area contributed by atoms with Crippen LogP contribution in [0.4, 0.5) is 0 Å². The largest absolute Gasteiger partial charge is 0.376 e. The van der Waals surface area contributed by atoms with Crippen LogP contribution in [0.15, 0.2) is 30.6 Å². The fourth-order valence-corrected chi connectivity index (χ4v) is 4.78. The highest BCUT2D eigenvalue weighted by Crippen LogP contribution is 2.31. The average Bonchev–Trinajstić information content (AvgIpc) is 3.31. The van der Waals surface area contributed by atoms with Gasteiger partial charge in [0, 0.05) is 37.0 Å². The highest BCUT2D eigenvalue weighted by molar-refractivity contribution is 7.14. The summed E-state index contributed by atoms with van der Waals surface area (Å²) in [6.45, 7) is 2.07. The Hall–Kier alpha value is -1.72. The standard InChI is InChI=1S/C19H22N2O2S/c22-19(18-10-15-5-1-7-17(15)24-18)21(13-16-6-3-9-23-16)12-14-4-2-8-20-11-14/h2,4,8,10-11,16H,1,3,5-7,9,12-13H2/t16-/m1/s1. The van der Waals surface area contributed by atoms with E-state index < -0.39 is 0 Å². The Morgan fingerprint density at radius 3 is 3.08 bits per heavy atom. The van der Waals surface area contributed by atoms with E-state index in [0.717, 1.165) is 42.7 Å². The Kier molecular flexibility index (Phi) is 4.63. The molecule has 0 unspecified atom stereocenters. The molecule has 0 aromatic carbocycles. The Labute approximate surface area is 146 Å². The molecule has 0 saturated carbocycles. The molecule has 4 nitrogen and oxygen atoms in total. The number of carbonyl (C=O) groups is 1. The Morgan fingerprint density at radius 1 is 1.38 bits per heavy atom. The van der Waals surface area contributed by atoms with Crippen molar-refractivity contribution in [2.24, 2.45) is 0 Å². The summed E-state index contributed by atoms with van der Waals surface area (Å²) in [5.74, 6) is 0.133. The molecule has 1 atom stereocenters. The first-order chi connectivity index (χ1) is 11.8. The molecule has 4 rings (SSSR count). The number of hydrogen-bond acceptors (Lipinski definition) is 4. The van der Waals surface area contributed by atoms with Crippen molar-refractivity contribution >= 4 is 17.2 Å². The molecule has 2 aliphatic rings. The molecule has 0 spiro atoms. The van der Waals surface area contributed by atoms with Gasteiger partial charge >= 0.3 is 0 Å². The first-order valence-corrected chi connectivity index (χ1v) is 9.52. The predicted octanol–water partition coefficient (Wildman–Crippen LogP) is 3.45. The number of nitrogens with zero attached hydrogens (tertiary/aromatic N) is 2. The summed E-state index contributed by atoms with van der Waals surface area (Å²) in [5, 5.41) is 0. The Bertz CT molecular complexity index is 686. The first kappa shape index (κ1) is 15.8. The monoisotopic (exact) mass is 342 g/mol. The fraction of sp³-hybridized carbons (Fsp3) is 0.474. The summed E-state index contributed by atoms with van der Waals surface area (Å²) < 4.78 is 5.76. The van der Waals surface area contributed by atoms with E-state index in [1.54, 1.807) is 17.5 Å². The SMILES string of the molecule is O=C(c1cc2c(s1)CCC2)N(Cc1cccnc1)C[C@H]1CCCO1. The van der Waals surface area contributed by atoms with Gasteiger partial charge in [0.2, 0.25) is 0 Å². The van der Waals surface area contributed by atoms with Crippen molar-refractivity contribution in [1.29, 1.82) is 0 Å². The van der Waals surface area contributed by atoms with Crippen molar-refractivity contribution in [2.45, 2.75) is 44.8 Å². The second-order valence-electron chi connectivity index (χ2n) is 6.59. The topological polar surface area (TPSA) is 42.4 Å². The maximum atomic E-state index is 13.1. The molecule has 1 aliphatic carbocycles. The van der Waals surface area contributed by atoms with Gasteiger partial charge in [-0.25, -0.2) is 0 Å². The number of aryl methyl sites for hydroxylation is 2. The van der Waals surface area contributed by atoms with Crippen molar-refractivity contribution in [3.05, 3.63) is 51.5 Å². The first-order valence-electron chi connectivity index (χ1n) is 8.71. The van der Waals surface area contributed by atoms with Crippen LogP contribution in [0.5, 0.6) is 0 Å². The summed E-state index contributed by atoms with van der Waals surface area (Å²) in [5.41, 5.74) is 2.44. The molecule has 0 radical (unpaired) electrons. The van der Waals surface area contributed by atoms with Gasteiger partial charge in [-0.1, -0.05) is 6.07 Å². The van der Waals surface area contributed by atoms with Gasteiger partial charge in [-0.2, -0.15) is 0 Å². The lowest BCUT2D eigenvalue weighted by Gasteiger charge is -2.25. The van der Waals surface area contributed by atoms with E-state index in [9.17, 15) is 4.79 Å². The van der Waals surface area contributed by atoms with Gasteiger partial charge in [-0.15, -0.1) is 11.3 Å². The number of ether oxygens (including phenoxy) is 1. The molecule has 0 N–H and O–H groups in total. The molecule has 0 bridgehead atoms. The summed E-state index contributed by atoms with van der Waals surface area (Å²) in [4.78, 5) is 21.5. The second-order valence-corrected chi connectivity index (χ2v) is 7.73. The molecule has 1 aliphatic heterocycles. The van der Waals surface area contributed by atoms with Gasteiger partial charge in [0.15, 0.2) is 0 Å². The minimum absolute atomic E-state index is 0.133. The number of rotatable bonds is 5. The Morgan fingerprint density at radius 2 is 2.33 bits per heavy atom. The quantitative estimate of drug-likeness (QED) is 0.836. The number of carbonyl (C=O) groups excluding carboxylic acids is 1. The highest BCUT2D eigenvalue weighted by Gasteiger charge is 2.26. The van der Waals surface area contributed by atoms with Crippen molar-refractivity contribution in [2.75, 3.05) is 13.2 Å². The molecule has 2 aromatic heterocycles. The van der Waals surface area contributed by atoms with Crippen molar-refractivity contribution in [3.8, 4) is 0 Å². The maximum absolute atomic E-state index is 13.1. The van der Waals surface area contributed by atoms with Crippen LogP contribution in [0.3, 0.4) is 0 Å². The number of hydrogen-bond donors (Lipinski definition) is 0. The van der Waals surface area contributed by atoms with E-state index in [-0.39, 0.29) is 12.0 Å². The summed E-state index contributed by atoms with van der Waals surface area (Å²) in [6.07, 6.45) is 9.37. The predicted molar refractivity (Wildman–Crippen MR) is 94.3 cm³/mol. The van der Waals surface area contributed by atoms with Crippen molar-refractivity contribution in [3.63, 3.8) is 0 Å². The minimum Gasteiger partial charge on any atom is -0.376 e. The minimum atomic E-state index is 0.133. The van der Waals surface area contributed by atoms with Crippen LogP contribution in [-0.2, 0) is 24.1 Å². The molecule has 5 heteroatoms. The lowest BCUT2D eigenvalue weighted by molar-refractivity contribution is 0.0510. The maximum Gasteiger partial charge on any atom is 0.264 e. The molecular formula is C19H22N2O2S. The lowest BCUT2D eigenvalue weighted by Crippen LogP contribution is -2.36. The molecule has 1 fully saturated rings. The summed E-state index contributed by atoms with van der Waals surface area (Å²) in [6, 6.07) is 6.06. The van der Waals surface area contributed by atoms with Crippen LogP contribution in [0.2, 0.25) is 0 Å². The third kappa shape index (κ3) is 3.37. The van der Waals surface area contributed by atoms with Crippen LogP contribution in [0.25, 0.3) is 0 Å². The molecule has 1 amide bonds. The highest BCUT2D eigenvalue weighted by atomic mass is 32.1. The lowest BCUT2D eigenvalue weighted by atomic mass is 10.2. The average molecular weight is 342 g/mol. The zero-order valence-corrected chi connectivity index (χ0v) is 14.6. The third-order valence-corrected chi connectivity index (χ3v) is 6.01. The van der Waals surface area contributed by atoms with Gasteiger partial charge in [-0.3, -0.25) is 9.78 Å². The number of thiophene rings is 1. The van der Waals surface area contributed by atoms with E-state index >= 15 is 0 Å². The Balaban J connectivity index is 1.54. The van der Waals surface area contributed by atoms with E-state index in [1.807, 2.05) is 23.2 Å². The van der Waals surface area contributed by atoms with Crippen LogP contribution in [0.1, 0.15) is 44.9 Å². The van der Waals surface area contributed by atoms with Gasteiger partial charge < -0.3 is 9.64 Å². The molecule has 1 saturated heterocycles. The van der Waals surface area contributed by atoms with Crippen LogP contribution >= 0.6 is 11.3 Å². The fourth-order valence-electron chi connectivity index (χ4n) is 3.56. The summed E-state index contributed by atoms with van der Waals surface area (Å²) >= 11 is 1.68. The van der Waals surface area contributed by atoms with Crippen LogP contribution < -0.4 is 0 Å². The smallest absolute Gasteiger partial charge is 0.264 e. The zero-order chi connectivity index (χ0) is 16.4. The van der Waals surface area contributed by atoms with Gasteiger partial charge in [0.25, 0.3) is 5.91 Å². The van der Waals surface area contributed by atoms with Gasteiger partial charge in [0.05, 0.1) is 11.0 Å². The van der Waals surface area contributed by atoms with Crippen LogP contribution in [-0.4, -0.2) is 35.0 Å².